The van der Waals surface area contributed by atoms with Crippen LogP contribution in [0.4, 0.5) is 5.69 Å². The van der Waals surface area contributed by atoms with Crippen LogP contribution in [-0.2, 0) is 14.4 Å². The number of fused-ring (bicyclic) bond motifs is 1. The summed E-state index contributed by atoms with van der Waals surface area (Å²) in [6, 6.07) is 7.49. The Balaban J connectivity index is 1.70. The molecule has 2 atom stereocenters. The molecule has 1 aromatic carbocycles. The average Bonchev–Trinajstić information content (AvgIpc) is 3.60. The molecule has 0 bridgehead atoms. The van der Waals surface area contributed by atoms with Crippen LogP contribution < -0.4 is 10.2 Å². The van der Waals surface area contributed by atoms with Crippen LogP contribution in [-0.4, -0.2) is 41.9 Å². The van der Waals surface area contributed by atoms with Crippen molar-refractivity contribution in [2.24, 2.45) is 28.2 Å². The number of hydrogen-bond acceptors (Lipinski definition) is 4. The van der Waals surface area contributed by atoms with Crippen molar-refractivity contribution in [1.29, 1.82) is 0 Å². The van der Waals surface area contributed by atoms with E-state index in [1.807, 2.05) is 32.2 Å². The van der Waals surface area contributed by atoms with Gasteiger partial charge in [0.15, 0.2) is 5.78 Å². The Bertz CT molecular complexity index is 1110. The molecular formula is C34H51N3O3. The summed E-state index contributed by atoms with van der Waals surface area (Å²) in [5.41, 5.74) is 1.36. The minimum Gasteiger partial charge on any atom is -0.344 e. The van der Waals surface area contributed by atoms with E-state index in [0.29, 0.717) is 43.9 Å². The van der Waals surface area contributed by atoms with Crippen LogP contribution >= 0.6 is 0 Å². The van der Waals surface area contributed by atoms with Crippen LogP contribution in [0.5, 0.6) is 0 Å². The summed E-state index contributed by atoms with van der Waals surface area (Å²) in [4.78, 5) is 48.8. The number of aliphatic imine (C=N–C) groups is 1. The van der Waals surface area contributed by atoms with Crippen molar-refractivity contribution in [3.8, 4) is 0 Å². The van der Waals surface area contributed by atoms with Gasteiger partial charge in [-0.2, -0.15) is 0 Å². The van der Waals surface area contributed by atoms with Crippen molar-refractivity contribution >= 4 is 29.0 Å². The molecule has 3 aliphatic rings. The normalized spacial score (nSPS) is 22.7. The highest BCUT2D eigenvalue weighted by Crippen LogP contribution is 2.44. The molecule has 2 amide bonds. The fourth-order valence-corrected chi connectivity index (χ4v) is 7.59. The number of hydrogen-bond donors (Lipinski definition) is 1. The second kappa shape index (κ2) is 12.6. The Morgan fingerprint density at radius 1 is 1.05 bits per heavy atom. The molecule has 1 aromatic rings. The van der Waals surface area contributed by atoms with E-state index in [9.17, 15) is 14.4 Å². The number of rotatable bonds is 11. The molecule has 4 rings (SSSR count). The lowest BCUT2D eigenvalue weighted by Gasteiger charge is -2.40. The fraction of sp³-hybridized carbons (Fsp3) is 0.706. The second-order valence-electron chi connectivity index (χ2n) is 13.9. The molecule has 0 radical (unpaired) electrons. The van der Waals surface area contributed by atoms with E-state index in [1.54, 1.807) is 4.90 Å². The van der Waals surface area contributed by atoms with Gasteiger partial charge in [0.1, 0.15) is 6.04 Å². The maximum absolute atomic E-state index is 14.7. The number of carbonyl (C=O) groups excluding carboxylic acids is 3. The number of anilines is 1. The number of amides is 2. The monoisotopic (exact) mass is 549 g/mol. The molecule has 0 spiro atoms. The first-order valence-electron chi connectivity index (χ1n) is 15.8. The number of carbonyl (C=O) groups is 3. The van der Waals surface area contributed by atoms with Crippen molar-refractivity contribution in [3.63, 3.8) is 0 Å². The minimum absolute atomic E-state index is 0.0295. The predicted octanol–water partition coefficient (Wildman–Crippen LogP) is 6.89. The topological polar surface area (TPSA) is 78.8 Å². The van der Waals surface area contributed by atoms with Crippen molar-refractivity contribution in [3.05, 3.63) is 29.8 Å². The van der Waals surface area contributed by atoms with Gasteiger partial charge in [0.2, 0.25) is 5.91 Å². The maximum Gasteiger partial charge on any atom is 0.251 e. The Kier molecular flexibility index (Phi) is 9.57. The lowest BCUT2D eigenvalue weighted by molar-refractivity contribution is -0.140. The summed E-state index contributed by atoms with van der Waals surface area (Å²) >= 11 is 0. The SMILES string of the molecule is CC(C)CCC(=O)NC1(C(=O)C(C)(CC(C)C)CC2N=C(C3CCCC3)c3ccccc3N(C)C2=O)CCCC1. The zero-order valence-electron chi connectivity index (χ0n) is 25.7. The first-order valence-corrected chi connectivity index (χ1v) is 15.8. The number of likely N-dealkylation sites (N-methyl/N-ethyl adjacent to an activating group) is 1. The number of benzene rings is 1. The molecule has 2 aliphatic carbocycles. The van der Waals surface area contributed by atoms with Crippen LogP contribution in [0.2, 0.25) is 0 Å². The van der Waals surface area contributed by atoms with E-state index in [2.05, 4.69) is 39.1 Å². The molecule has 1 heterocycles. The van der Waals surface area contributed by atoms with Crippen LogP contribution in [0, 0.1) is 23.2 Å². The minimum atomic E-state index is -0.849. The zero-order valence-corrected chi connectivity index (χ0v) is 25.7. The van der Waals surface area contributed by atoms with Gasteiger partial charge in [-0.15, -0.1) is 0 Å². The molecule has 6 nitrogen and oxygen atoms in total. The highest BCUT2D eigenvalue weighted by Gasteiger charge is 2.51. The Hall–Kier alpha value is -2.50. The van der Waals surface area contributed by atoms with Crippen molar-refractivity contribution in [2.75, 3.05) is 11.9 Å². The first kappa shape index (κ1) is 30.5. The molecule has 220 valence electrons. The Morgan fingerprint density at radius 2 is 1.70 bits per heavy atom. The zero-order chi connectivity index (χ0) is 29.1. The predicted molar refractivity (Wildman–Crippen MR) is 163 cm³/mol. The van der Waals surface area contributed by atoms with Crippen LogP contribution in [0.3, 0.4) is 0 Å². The quantitative estimate of drug-likeness (QED) is 0.326. The third-order valence-electron chi connectivity index (χ3n) is 9.46. The van der Waals surface area contributed by atoms with Gasteiger partial charge in [0.25, 0.3) is 5.91 Å². The van der Waals surface area contributed by atoms with Crippen molar-refractivity contribution < 1.29 is 14.4 Å². The fourth-order valence-electron chi connectivity index (χ4n) is 7.59. The largest absolute Gasteiger partial charge is 0.344 e. The molecule has 0 saturated heterocycles. The highest BCUT2D eigenvalue weighted by atomic mass is 16.2. The van der Waals surface area contributed by atoms with Crippen molar-refractivity contribution in [1.82, 2.24) is 5.32 Å². The van der Waals surface area contributed by atoms with Crippen LogP contribution in [0.15, 0.2) is 29.3 Å². The first-order chi connectivity index (χ1) is 19.0. The highest BCUT2D eigenvalue weighted by molar-refractivity contribution is 6.13. The van der Waals surface area contributed by atoms with Gasteiger partial charge in [-0.1, -0.05) is 78.5 Å². The Morgan fingerprint density at radius 3 is 2.33 bits per heavy atom. The summed E-state index contributed by atoms with van der Waals surface area (Å²) in [5.74, 6) is 1.05. The van der Waals surface area contributed by atoms with Gasteiger partial charge in [0.05, 0.1) is 11.2 Å². The van der Waals surface area contributed by atoms with Crippen LogP contribution in [0.1, 0.15) is 117 Å². The number of benzodiazepines with no additional fused rings is 1. The second-order valence-corrected chi connectivity index (χ2v) is 13.9. The van der Waals surface area contributed by atoms with Crippen molar-refractivity contribution in [2.45, 2.75) is 123 Å². The summed E-state index contributed by atoms with van der Waals surface area (Å²) in [5, 5.41) is 3.24. The smallest absolute Gasteiger partial charge is 0.251 e. The van der Waals surface area contributed by atoms with Crippen LogP contribution in [0.25, 0.3) is 0 Å². The van der Waals surface area contributed by atoms with Gasteiger partial charge in [-0.3, -0.25) is 19.4 Å². The molecule has 2 saturated carbocycles. The van der Waals surface area contributed by atoms with Gasteiger partial charge < -0.3 is 10.2 Å². The van der Waals surface area contributed by atoms with Gasteiger partial charge >= 0.3 is 0 Å². The number of ketones is 1. The summed E-state index contributed by atoms with van der Waals surface area (Å²) in [6.45, 7) is 10.5. The summed E-state index contributed by atoms with van der Waals surface area (Å²) < 4.78 is 0. The van der Waals surface area contributed by atoms with Gasteiger partial charge in [0, 0.05) is 36.1 Å². The molecule has 40 heavy (non-hydrogen) atoms. The molecular weight excluding hydrogens is 498 g/mol. The third-order valence-corrected chi connectivity index (χ3v) is 9.46. The Labute approximate surface area is 241 Å². The van der Waals surface area contributed by atoms with Gasteiger partial charge in [-0.25, -0.2) is 0 Å². The van der Waals surface area contributed by atoms with E-state index in [4.69, 9.17) is 4.99 Å². The molecule has 2 fully saturated rings. The molecule has 0 aromatic heterocycles. The molecule has 1 N–H and O–H groups in total. The van der Waals surface area contributed by atoms with E-state index in [1.165, 1.54) is 12.8 Å². The summed E-state index contributed by atoms with van der Waals surface area (Å²) in [7, 11) is 1.84. The van der Waals surface area contributed by atoms with E-state index >= 15 is 0 Å². The standard InChI is InChI=1S/C34H51N3O3/c1-23(2)17-18-29(38)36-34(19-11-12-20-34)32(40)33(5,21-24(3)4)22-27-31(39)37(6)28-16-10-9-15-26(28)30(35-27)25-13-7-8-14-25/h9-10,15-16,23-25,27H,7-8,11-14,17-22H2,1-6H3,(H,36,38). The molecule has 6 heteroatoms. The third kappa shape index (κ3) is 6.52. The summed E-state index contributed by atoms with van der Waals surface area (Å²) in [6.07, 6.45) is 10.0. The number of nitrogens with one attached hydrogen (secondary N) is 1. The van der Waals surface area contributed by atoms with E-state index in [-0.39, 0.29) is 23.5 Å². The lowest BCUT2D eigenvalue weighted by atomic mass is 9.67. The number of para-hydroxylation sites is 1. The number of nitrogens with zero attached hydrogens (tertiary/aromatic N) is 2. The lowest BCUT2D eigenvalue weighted by Crippen LogP contribution is -2.58. The maximum atomic E-state index is 14.7. The van der Waals surface area contributed by atoms with Gasteiger partial charge in [-0.05, 0) is 62.8 Å². The molecule has 1 aliphatic heterocycles. The van der Waals surface area contributed by atoms with E-state index < -0.39 is 17.0 Å². The van der Waals surface area contributed by atoms with E-state index in [0.717, 1.165) is 49.1 Å². The average molecular weight is 550 g/mol. The molecule has 2 unspecified atom stereocenters. The number of Topliss-reactive ketones (excluding diaryl/α,β-unsaturated/α-hetero) is 1.